The maximum absolute atomic E-state index is 10.9. The van der Waals surface area contributed by atoms with Crippen molar-refractivity contribution < 1.29 is 19.4 Å². The van der Waals surface area contributed by atoms with Crippen LogP contribution in [0.3, 0.4) is 0 Å². The molecule has 0 spiro atoms. The van der Waals surface area contributed by atoms with Crippen molar-refractivity contribution in [2.45, 2.75) is 19.4 Å². The third kappa shape index (κ3) is 3.54. The molecule has 1 aromatic rings. The van der Waals surface area contributed by atoms with Gasteiger partial charge in [-0.25, -0.2) is 14.8 Å². The summed E-state index contributed by atoms with van der Waals surface area (Å²) in [5, 5.41) is 8.96. The summed E-state index contributed by atoms with van der Waals surface area (Å²) in [6, 6.07) is 1.72. The summed E-state index contributed by atoms with van der Waals surface area (Å²) in [4.78, 5) is 21.0. The Kier molecular flexibility index (Phi) is 4.51. The molecule has 0 bridgehead atoms. The number of nitrogens with zero attached hydrogens (tertiary/aromatic N) is 3. The van der Waals surface area contributed by atoms with Crippen molar-refractivity contribution in [1.82, 2.24) is 9.97 Å². The van der Waals surface area contributed by atoms with Crippen LogP contribution in [-0.4, -0.2) is 53.5 Å². The molecule has 1 saturated heterocycles. The summed E-state index contributed by atoms with van der Waals surface area (Å²) in [6.45, 7) is 3.86. The van der Waals surface area contributed by atoms with Gasteiger partial charge in [0, 0.05) is 12.6 Å². The molecule has 0 aromatic carbocycles. The van der Waals surface area contributed by atoms with Gasteiger partial charge in [-0.05, 0) is 6.42 Å². The molecule has 1 aliphatic heterocycles. The third-order valence-electron chi connectivity index (χ3n) is 2.75. The van der Waals surface area contributed by atoms with Gasteiger partial charge in [-0.15, -0.1) is 0 Å². The van der Waals surface area contributed by atoms with Gasteiger partial charge in [-0.2, -0.15) is 0 Å². The standard InChI is InChI=1S/C12H17N3O4/c1-2-4-19-11-6-10(13-8-14-11)15-3-5-18-9(7-15)12(16)17/h6,8-9H,2-5,7H2,1H3,(H,16,17). The lowest BCUT2D eigenvalue weighted by Gasteiger charge is -2.31. The van der Waals surface area contributed by atoms with Gasteiger partial charge in [0.25, 0.3) is 0 Å². The van der Waals surface area contributed by atoms with E-state index in [9.17, 15) is 4.79 Å². The normalized spacial score (nSPS) is 19.2. The first kappa shape index (κ1) is 13.5. The first-order chi connectivity index (χ1) is 9.20. The minimum absolute atomic E-state index is 0.277. The lowest BCUT2D eigenvalue weighted by Crippen LogP contribution is -2.46. The molecule has 1 atom stereocenters. The fraction of sp³-hybridized carbons (Fsp3) is 0.583. The van der Waals surface area contributed by atoms with Crippen molar-refractivity contribution in [3.63, 3.8) is 0 Å². The zero-order valence-corrected chi connectivity index (χ0v) is 10.8. The van der Waals surface area contributed by atoms with E-state index in [1.807, 2.05) is 11.8 Å². The zero-order valence-electron chi connectivity index (χ0n) is 10.8. The highest BCUT2D eigenvalue weighted by molar-refractivity contribution is 5.73. The van der Waals surface area contributed by atoms with E-state index in [1.165, 1.54) is 6.33 Å². The molecular weight excluding hydrogens is 250 g/mol. The lowest BCUT2D eigenvalue weighted by molar-refractivity contribution is -0.150. The van der Waals surface area contributed by atoms with Crippen LogP contribution in [0, 0.1) is 0 Å². The molecule has 1 unspecified atom stereocenters. The van der Waals surface area contributed by atoms with Crippen molar-refractivity contribution in [1.29, 1.82) is 0 Å². The second kappa shape index (κ2) is 6.33. The molecule has 1 fully saturated rings. The van der Waals surface area contributed by atoms with Gasteiger partial charge in [0.15, 0.2) is 6.10 Å². The molecule has 104 valence electrons. The van der Waals surface area contributed by atoms with E-state index in [2.05, 4.69) is 9.97 Å². The zero-order chi connectivity index (χ0) is 13.7. The quantitative estimate of drug-likeness (QED) is 0.834. The maximum atomic E-state index is 10.9. The number of carbonyl (C=O) groups is 1. The van der Waals surface area contributed by atoms with Crippen LogP contribution >= 0.6 is 0 Å². The molecule has 1 aliphatic rings. The highest BCUT2D eigenvalue weighted by Gasteiger charge is 2.27. The van der Waals surface area contributed by atoms with Crippen LogP contribution in [0.15, 0.2) is 12.4 Å². The van der Waals surface area contributed by atoms with Crippen LogP contribution in [0.1, 0.15) is 13.3 Å². The summed E-state index contributed by atoms with van der Waals surface area (Å²) >= 11 is 0. The lowest BCUT2D eigenvalue weighted by atomic mass is 10.2. The molecule has 0 radical (unpaired) electrons. The summed E-state index contributed by atoms with van der Waals surface area (Å²) in [6.07, 6.45) is 1.51. The SMILES string of the molecule is CCCOc1cc(N2CCOC(C(=O)O)C2)ncn1. The monoisotopic (exact) mass is 267 g/mol. The number of anilines is 1. The maximum Gasteiger partial charge on any atom is 0.334 e. The third-order valence-corrected chi connectivity index (χ3v) is 2.75. The fourth-order valence-corrected chi connectivity index (χ4v) is 1.80. The van der Waals surface area contributed by atoms with Gasteiger partial charge in [0.1, 0.15) is 12.1 Å². The van der Waals surface area contributed by atoms with Crippen molar-refractivity contribution in [3.05, 3.63) is 12.4 Å². The highest BCUT2D eigenvalue weighted by atomic mass is 16.5. The number of rotatable bonds is 5. The van der Waals surface area contributed by atoms with E-state index in [-0.39, 0.29) is 6.54 Å². The number of carboxylic acid groups (broad SMARTS) is 1. The molecule has 0 aliphatic carbocycles. The molecule has 1 aromatic heterocycles. The van der Waals surface area contributed by atoms with E-state index in [0.717, 1.165) is 6.42 Å². The Morgan fingerprint density at radius 2 is 2.47 bits per heavy atom. The number of aromatic nitrogens is 2. The predicted octanol–water partition coefficient (Wildman–Crippen LogP) is 0.555. The van der Waals surface area contributed by atoms with E-state index in [0.29, 0.717) is 31.5 Å². The first-order valence-electron chi connectivity index (χ1n) is 6.25. The summed E-state index contributed by atoms with van der Waals surface area (Å²) in [5.41, 5.74) is 0. The first-order valence-corrected chi connectivity index (χ1v) is 6.25. The minimum Gasteiger partial charge on any atom is -0.479 e. The molecule has 2 rings (SSSR count). The molecule has 0 saturated carbocycles. The Balaban J connectivity index is 2.06. The van der Waals surface area contributed by atoms with Crippen LogP contribution in [0.4, 0.5) is 5.82 Å². The van der Waals surface area contributed by atoms with Crippen LogP contribution in [-0.2, 0) is 9.53 Å². The Labute approximate surface area is 111 Å². The second-order valence-corrected chi connectivity index (χ2v) is 4.21. The van der Waals surface area contributed by atoms with Gasteiger partial charge in [-0.1, -0.05) is 6.92 Å². The van der Waals surface area contributed by atoms with E-state index < -0.39 is 12.1 Å². The van der Waals surface area contributed by atoms with Gasteiger partial charge in [0.2, 0.25) is 5.88 Å². The van der Waals surface area contributed by atoms with Crippen LogP contribution in [0.25, 0.3) is 0 Å². The number of hydrogen-bond acceptors (Lipinski definition) is 6. The van der Waals surface area contributed by atoms with Crippen LogP contribution < -0.4 is 9.64 Å². The smallest absolute Gasteiger partial charge is 0.334 e. The van der Waals surface area contributed by atoms with Crippen LogP contribution in [0.5, 0.6) is 5.88 Å². The molecule has 19 heavy (non-hydrogen) atoms. The van der Waals surface area contributed by atoms with Crippen molar-refractivity contribution in [2.24, 2.45) is 0 Å². The van der Waals surface area contributed by atoms with Crippen molar-refractivity contribution in [2.75, 3.05) is 31.2 Å². The number of carboxylic acids is 1. The van der Waals surface area contributed by atoms with Gasteiger partial charge in [-0.3, -0.25) is 0 Å². The number of aliphatic carboxylic acids is 1. The molecule has 7 nitrogen and oxygen atoms in total. The minimum atomic E-state index is -0.957. The number of ether oxygens (including phenoxy) is 2. The molecule has 1 N–H and O–H groups in total. The van der Waals surface area contributed by atoms with Gasteiger partial charge < -0.3 is 19.5 Å². The van der Waals surface area contributed by atoms with Crippen LogP contribution in [0.2, 0.25) is 0 Å². The second-order valence-electron chi connectivity index (χ2n) is 4.21. The largest absolute Gasteiger partial charge is 0.479 e. The molecule has 2 heterocycles. The molecular formula is C12H17N3O4. The Morgan fingerprint density at radius 1 is 1.63 bits per heavy atom. The van der Waals surface area contributed by atoms with Crippen molar-refractivity contribution in [3.8, 4) is 5.88 Å². The van der Waals surface area contributed by atoms with Gasteiger partial charge in [0.05, 0.1) is 19.8 Å². The summed E-state index contributed by atoms with van der Waals surface area (Å²) in [7, 11) is 0. The van der Waals surface area contributed by atoms with E-state index in [4.69, 9.17) is 14.6 Å². The van der Waals surface area contributed by atoms with Gasteiger partial charge >= 0.3 is 5.97 Å². The number of hydrogen-bond donors (Lipinski definition) is 1. The molecule has 0 amide bonds. The molecule has 7 heteroatoms. The summed E-state index contributed by atoms with van der Waals surface area (Å²) in [5.74, 6) is 0.210. The number of morpholine rings is 1. The Bertz CT molecular complexity index is 441. The van der Waals surface area contributed by atoms with E-state index in [1.54, 1.807) is 6.07 Å². The average Bonchev–Trinajstić information content (AvgIpc) is 2.45. The highest BCUT2D eigenvalue weighted by Crippen LogP contribution is 2.18. The van der Waals surface area contributed by atoms with E-state index >= 15 is 0 Å². The average molecular weight is 267 g/mol. The summed E-state index contributed by atoms with van der Waals surface area (Å²) < 4.78 is 10.6. The Morgan fingerprint density at radius 3 is 3.21 bits per heavy atom. The Hall–Kier alpha value is -1.89. The predicted molar refractivity (Wildman–Crippen MR) is 67.4 cm³/mol. The van der Waals surface area contributed by atoms with Crippen molar-refractivity contribution >= 4 is 11.8 Å². The fourth-order valence-electron chi connectivity index (χ4n) is 1.80. The topological polar surface area (TPSA) is 84.8 Å².